The molecular weight excluding hydrogens is 505 g/mol. The van der Waals surface area contributed by atoms with Crippen molar-refractivity contribution in [2.24, 2.45) is 22.9 Å². The minimum absolute atomic E-state index is 0.130. The minimum atomic E-state index is -0.140. The second-order valence-electron chi connectivity index (χ2n) is 5.19. The summed E-state index contributed by atoms with van der Waals surface area (Å²) in [5, 5.41) is 36.6. The molecule has 0 saturated heterocycles. The third-order valence-corrected chi connectivity index (χ3v) is 11.1. The fourth-order valence-corrected chi connectivity index (χ4v) is 8.89. The summed E-state index contributed by atoms with van der Waals surface area (Å²) in [5.41, 5.74) is 21.2. The van der Waals surface area contributed by atoms with Gasteiger partial charge in [-0.15, -0.1) is 47.0 Å². The van der Waals surface area contributed by atoms with Gasteiger partial charge in [0.05, 0.1) is 0 Å². The highest BCUT2D eigenvalue weighted by molar-refractivity contribution is 8.16. The first-order valence-electron chi connectivity index (χ1n) is 8.28. The number of thioether (sulfide) groups is 7. The van der Waals surface area contributed by atoms with Gasteiger partial charge in [-0.25, -0.2) is 0 Å². The van der Waals surface area contributed by atoms with Crippen molar-refractivity contribution in [2.75, 3.05) is 46.0 Å². The van der Waals surface area contributed by atoms with E-state index in [0.29, 0.717) is 23.0 Å². The highest BCUT2D eigenvalue weighted by atomic mass is 32.2. The van der Waals surface area contributed by atoms with Crippen molar-refractivity contribution < 1.29 is 0 Å². The Bertz CT molecular complexity index is 478. The van der Waals surface area contributed by atoms with Crippen LogP contribution >= 0.6 is 82.3 Å². The standard InChI is InChI=1S/C14H26N8S7/c15-11(16)26-3-1-24-9(7-28-13(19)20)5-23-6-10(8-29-14(21)22)25-2-4-27-12(17)18/h9-10H,1-8H2,(H8-4,15,16,17,18,19,20,21,22)/q-4. The van der Waals surface area contributed by atoms with Gasteiger partial charge in [0.25, 0.3) is 0 Å². The summed E-state index contributed by atoms with van der Waals surface area (Å²) >= 11 is 10.2. The van der Waals surface area contributed by atoms with Crippen LogP contribution in [0, 0.1) is 0 Å². The van der Waals surface area contributed by atoms with Crippen LogP contribution in [-0.2, 0) is 0 Å². The fourth-order valence-electron chi connectivity index (χ4n) is 1.70. The molecule has 0 aromatic rings. The number of rotatable bonds is 16. The molecule has 0 saturated carbocycles. The number of hydrogen-bond donors (Lipinski definition) is 4. The first kappa shape index (κ1) is 29.3. The zero-order valence-corrected chi connectivity index (χ0v) is 21.5. The monoisotopic (exact) mass is 530 g/mol. The summed E-state index contributed by atoms with van der Waals surface area (Å²) in [4.78, 5) is 0. The van der Waals surface area contributed by atoms with Crippen LogP contribution in [0.15, 0.2) is 0 Å². The third kappa shape index (κ3) is 21.4. The van der Waals surface area contributed by atoms with Crippen LogP contribution in [0.4, 0.5) is 0 Å². The van der Waals surface area contributed by atoms with Gasteiger partial charge in [-0.1, -0.05) is 0 Å². The first-order valence-corrected chi connectivity index (χ1v) is 15.5. The molecule has 15 heteroatoms. The van der Waals surface area contributed by atoms with Gasteiger partial charge in [-0.3, -0.25) is 0 Å². The van der Waals surface area contributed by atoms with Crippen molar-refractivity contribution in [3.05, 3.63) is 21.6 Å². The van der Waals surface area contributed by atoms with E-state index in [0.717, 1.165) is 23.0 Å². The smallest absolute Gasteiger partial charge is 0.0232 e. The molecule has 8 N–H and O–H groups in total. The van der Waals surface area contributed by atoms with E-state index >= 15 is 0 Å². The molecule has 0 bridgehead atoms. The van der Waals surface area contributed by atoms with Crippen LogP contribution in [0.5, 0.6) is 0 Å². The molecule has 0 rings (SSSR count). The molecule has 29 heavy (non-hydrogen) atoms. The molecule has 0 aromatic heterocycles. The molecule has 0 aliphatic rings. The van der Waals surface area contributed by atoms with Gasteiger partial charge in [-0.05, 0) is 20.7 Å². The van der Waals surface area contributed by atoms with Crippen molar-refractivity contribution in [3.63, 3.8) is 0 Å². The summed E-state index contributed by atoms with van der Waals surface area (Å²) in [6, 6.07) is 0. The lowest BCUT2D eigenvalue weighted by atomic mass is 10.5. The van der Waals surface area contributed by atoms with Crippen molar-refractivity contribution >= 4 is 103 Å². The molecule has 8 nitrogen and oxygen atoms in total. The molecule has 0 radical (unpaired) electrons. The zero-order chi connectivity index (χ0) is 22.1. The molecule has 2 atom stereocenters. The fraction of sp³-hybridized carbons (Fsp3) is 0.714. The number of nitrogens with two attached hydrogens (primary N) is 4. The topological polar surface area (TPSA) is 193 Å². The van der Waals surface area contributed by atoms with Crippen molar-refractivity contribution in [2.45, 2.75) is 10.5 Å². The van der Waals surface area contributed by atoms with Crippen LogP contribution in [0.25, 0.3) is 21.6 Å². The van der Waals surface area contributed by atoms with E-state index < -0.39 is 0 Å². The van der Waals surface area contributed by atoms with E-state index in [1.54, 1.807) is 35.3 Å². The van der Waals surface area contributed by atoms with Crippen LogP contribution in [0.3, 0.4) is 0 Å². The summed E-state index contributed by atoms with van der Waals surface area (Å²) in [6.45, 7) is 0. The lowest BCUT2D eigenvalue weighted by Crippen LogP contribution is -2.19. The second-order valence-corrected chi connectivity index (χ2v) is 13.4. The van der Waals surface area contributed by atoms with Gasteiger partial charge in [0.15, 0.2) is 0 Å². The zero-order valence-electron chi connectivity index (χ0n) is 15.8. The molecule has 168 valence electrons. The Hall–Kier alpha value is 0.330. The van der Waals surface area contributed by atoms with E-state index in [4.69, 9.17) is 33.8 Å². The Morgan fingerprint density at radius 1 is 0.517 bits per heavy atom. The van der Waals surface area contributed by atoms with Gasteiger partial charge >= 0.3 is 0 Å². The predicted molar refractivity (Wildman–Crippen MR) is 150 cm³/mol. The normalized spacial score (nSPS) is 13.0. The van der Waals surface area contributed by atoms with Gasteiger partial charge in [0.1, 0.15) is 0 Å². The lowest BCUT2D eigenvalue weighted by Gasteiger charge is -2.20. The van der Waals surface area contributed by atoms with Crippen molar-refractivity contribution in [3.8, 4) is 0 Å². The second kappa shape index (κ2) is 19.0. The molecule has 0 spiro atoms. The quantitative estimate of drug-likeness (QED) is 0.130. The van der Waals surface area contributed by atoms with Crippen molar-refractivity contribution in [1.82, 2.24) is 0 Å². The molecule has 0 amide bonds. The average Bonchev–Trinajstić information content (AvgIpc) is 2.62. The van der Waals surface area contributed by atoms with E-state index in [2.05, 4.69) is 0 Å². The maximum absolute atomic E-state index is 9.25. The Kier molecular flexibility index (Phi) is 19.3. The maximum Gasteiger partial charge on any atom is 0.0232 e. The largest absolute Gasteiger partial charge is 0.490 e. The molecule has 0 aliphatic carbocycles. The highest BCUT2D eigenvalue weighted by Crippen LogP contribution is 2.26. The highest BCUT2D eigenvalue weighted by Gasteiger charge is 2.14. The van der Waals surface area contributed by atoms with Crippen LogP contribution in [0.2, 0.25) is 0 Å². The van der Waals surface area contributed by atoms with Gasteiger partial charge in [-0.2, -0.15) is 35.3 Å². The summed E-state index contributed by atoms with van der Waals surface area (Å²) in [6.07, 6.45) is 0. The van der Waals surface area contributed by atoms with Crippen LogP contribution in [-0.4, -0.2) is 77.2 Å². The lowest BCUT2D eigenvalue weighted by molar-refractivity contribution is 1.12. The molecular formula is C14H26N8S7-4. The third-order valence-electron chi connectivity index (χ3n) is 2.82. The van der Waals surface area contributed by atoms with E-state index in [-0.39, 0.29) is 31.2 Å². The summed E-state index contributed by atoms with van der Waals surface area (Å²) in [7, 11) is 0. The minimum Gasteiger partial charge on any atom is -0.490 e. The van der Waals surface area contributed by atoms with E-state index in [1.807, 2.05) is 0 Å². The maximum atomic E-state index is 9.25. The van der Waals surface area contributed by atoms with Gasteiger partial charge in [0, 0.05) is 56.5 Å². The average molecular weight is 531 g/mol. The van der Waals surface area contributed by atoms with E-state index in [9.17, 15) is 10.8 Å². The molecule has 0 fully saturated rings. The molecule has 0 heterocycles. The molecule has 0 aliphatic heterocycles. The number of hydrogen-bond acceptors (Lipinski definition) is 7. The summed E-state index contributed by atoms with van der Waals surface area (Å²) < 4.78 is 0. The Labute approximate surface area is 202 Å². The van der Waals surface area contributed by atoms with Crippen LogP contribution < -0.4 is 22.9 Å². The Balaban J connectivity index is 4.41. The van der Waals surface area contributed by atoms with Crippen LogP contribution in [0.1, 0.15) is 0 Å². The van der Waals surface area contributed by atoms with Gasteiger partial charge in [0.2, 0.25) is 0 Å². The Morgan fingerprint density at radius 2 is 0.862 bits per heavy atom. The van der Waals surface area contributed by atoms with Crippen molar-refractivity contribution in [1.29, 1.82) is 0 Å². The number of nitrogens with zero attached hydrogens (tertiary/aromatic N) is 4. The Morgan fingerprint density at radius 3 is 1.17 bits per heavy atom. The summed E-state index contributed by atoms with van der Waals surface area (Å²) in [5.74, 6) is 6.19. The molecule has 2 unspecified atom stereocenters. The molecule has 0 aromatic carbocycles. The van der Waals surface area contributed by atoms with Gasteiger partial charge < -0.3 is 44.6 Å². The predicted octanol–water partition coefficient (Wildman–Crippen LogP) is 2.39. The first-order chi connectivity index (χ1) is 13.7. The SMILES string of the molecule is [N-]=C(N)SCCSC(CSCC(CSC(=[N-])N)SCCSC(=[N-])N)CSC(=[N-])N. The van der Waals surface area contributed by atoms with E-state index in [1.165, 1.54) is 47.0 Å². The number of amidine groups is 4.